The number of epoxide rings is 1. The van der Waals surface area contributed by atoms with Gasteiger partial charge in [-0.25, -0.2) is 8.78 Å². The second-order valence-corrected chi connectivity index (χ2v) is 7.62. The summed E-state index contributed by atoms with van der Waals surface area (Å²) in [7, 11) is 0. The van der Waals surface area contributed by atoms with E-state index >= 15 is 0 Å². The zero-order valence-electron chi connectivity index (χ0n) is 14.5. The molecule has 132 valence electrons. The van der Waals surface area contributed by atoms with Crippen molar-refractivity contribution in [2.24, 2.45) is 5.92 Å². The normalized spacial score (nSPS) is 28.6. The summed E-state index contributed by atoms with van der Waals surface area (Å²) in [6, 6.07) is 3.90. The molecule has 1 aromatic rings. The summed E-state index contributed by atoms with van der Waals surface area (Å²) < 4.78 is 33.0. The van der Waals surface area contributed by atoms with Crippen LogP contribution in [-0.4, -0.2) is 18.6 Å². The molecule has 0 spiro atoms. The summed E-state index contributed by atoms with van der Waals surface area (Å²) >= 11 is 0. The van der Waals surface area contributed by atoms with Gasteiger partial charge in [-0.15, -0.1) is 0 Å². The summed E-state index contributed by atoms with van der Waals surface area (Å²) in [5, 5.41) is 0. The standard InChI is InChI=1S/C21H22F2O2/c1-11(2)20-21(25-20)17-9-16(13-5-6-18(22)19(23)8-13)15(12-3-4-12)7-14(17)10-24/h5,7-12,18,20-21H,3-4,6H2,1-2H3. The fraction of sp³-hybridized carbons (Fsp3) is 0.476. The summed E-state index contributed by atoms with van der Waals surface area (Å²) in [5.41, 5.74) is 4.23. The van der Waals surface area contributed by atoms with Crippen LogP contribution in [0.15, 0.2) is 30.1 Å². The van der Waals surface area contributed by atoms with Crippen molar-refractivity contribution in [3.8, 4) is 0 Å². The number of carbonyl (C=O) groups is 1. The van der Waals surface area contributed by atoms with E-state index in [1.165, 1.54) is 6.08 Å². The van der Waals surface area contributed by atoms with Crippen LogP contribution in [0.25, 0.3) is 5.57 Å². The molecule has 1 heterocycles. The van der Waals surface area contributed by atoms with E-state index in [9.17, 15) is 13.6 Å². The molecule has 25 heavy (non-hydrogen) atoms. The first-order valence-corrected chi connectivity index (χ1v) is 8.99. The molecule has 0 amide bonds. The Kier molecular flexibility index (Phi) is 4.11. The van der Waals surface area contributed by atoms with Crippen molar-refractivity contribution >= 4 is 11.9 Å². The SMILES string of the molecule is CC(C)C1OC1c1cc(C2=CCC(F)C(F)=C2)c(C2CC2)cc1C=O. The third-order valence-corrected chi connectivity index (χ3v) is 5.34. The molecule has 1 saturated carbocycles. The van der Waals surface area contributed by atoms with Crippen molar-refractivity contribution in [1.82, 2.24) is 0 Å². The lowest BCUT2D eigenvalue weighted by Crippen LogP contribution is -2.07. The highest BCUT2D eigenvalue weighted by atomic mass is 19.2. The van der Waals surface area contributed by atoms with E-state index in [0.717, 1.165) is 35.8 Å². The number of benzene rings is 1. The van der Waals surface area contributed by atoms with Gasteiger partial charge in [0, 0.05) is 12.0 Å². The van der Waals surface area contributed by atoms with E-state index in [1.807, 2.05) is 12.1 Å². The Morgan fingerprint density at radius 2 is 2.00 bits per heavy atom. The van der Waals surface area contributed by atoms with E-state index in [1.54, 1.807) is 6.08 Å². The third-order valence-electron chi connectivity index (χ3n) is 5.34. The second-order valence-electron chi connectivity index (χ2n) is 7.62. The highest BCUT2D eigenvalue weighted by molar-refractivity contribution is 5.84. The number of aldehydes is 1. The molecule has 3 atom stereocenters. The molecule has 4 rings (SSSR count). The van der Waals surface area contributed by atoms with Gasteiger partial charge in [0.1, 0.15) is 18.2 Å². The average Bonchev–Trinajstić information content (AvgIpc) is 3.48. The fourth-order valence-electron chi connectivity index (χ4n) is 3.69. The molecule has 2 aliphatic carbocycles. The monoisotopic (exact) mass is 344 g/mol. The highest BCUT2D eigenvalue weighted by Gasteiger charge is 2.44. The minimum atomic E-state index is -1.54. The van der Waals surface area contributed by atoms with Crippen LogP contribution in [0.2, 0.25) is 0 Å². The largest absolute Gasteiger partial charge is 0.364 e. The average molecular weight is 344 g/mol. The molecule has 2 fully saturated rings. The number of ether oxygens (including phenoxy) is 1. The fourth-order valence-corrected chi connectivity index (χ4v) is 3.69. The summed E-state index contributed by atoms with van der Waals surface area (Å²) in [5.74, 6) is 0.0572. The zero-order chi connectivity index (χ0) is 17.7. The first-order chi connectivity index (χ1) is 12.0. The van der Waals surface area contributed by atoms with Crippen LogP contribution in [-0.2, 0) is 4.74 Å². The van der Waals surface area contributed by atoms with Gasteiger partial charge in [-0.05, 0) is 65.1 Å². The molecule has 3 aliphatic rings. The minimum Gasteiger partial charge on any atom is -0.364 e. The van der Waals surface area contributed by atoms with Gasteiger partial charge in [0.05, 0.1) is 6.10 Å². The van der Waals surface area contributed by atoms with Gasteiger partial charge in [-0.2, -0.15) is 0 Å². The van der Waals surface area contributed by atoms with Gasteiger partial charge in [-0.3, -0.25) is 4.79 Å². The highest BCUT2D eigenvalue weighted by Crippen LogP contribution is 2.49. The molecule has 1 aromatic carbocycles. The van der Waals surface area contributed by atoms with E-state index in [4.69, 9.17) is 4.74 Å². The Bertz CT molecular complexity index is 774. The summed E-state index contributed by atoms with van der Waals surface area (Å²) in [6.07, 6.45) is 4.63. The van der Waals surface area contributed by atoms with Crippen LogP contribution in [0.5, 0.6) is 0 Å². The van der Waals surface area contributed by atoms with Gasteiger partial charge in [0.15, 0.2) is 6.17 Å². The summed E-state index contributed by atoms with van der Waals surface area (Å²) in [4.78, 5) is 11.6. The molecule has 0 radical (unpaired) electrons. The number of halogens is 2. The predicted molar refractivity (Wildman–Crippen MR) is 92.9 cm³/mol. The predicted octanol–water partition coefficient (Wildman–Crippen LogP) is 5.45. The van der Waals surface area contributed by atoms with Gasteiger partial charge >= 0.3 is 0 Å². The van der Waals surface area contributed by atoms with E-state index in [-0.39, 0.29) is 18.6 Å². The molecular formula is C21H22F2O2. The molecule has 0 N–H and O–H groups in total. The maximum absolute atomic E-state index is 13.8. The van der Waals surface area contributed by atoms with Crippen LogP contribution < -0.4 is 0 Å². The Morgan fingerprint density at radius 3 is 2.56 bits per heavy atom. The summed E-state index contributed by atoms with van der Waals surface area (Å²) in [6.45, 7) is 4.18. The first-order valence-electron chi connectivity index (χ1n) is 8.99. The number of carbonyl (C=O) groups excluding carboxylic acids is 1. The molecule has 0 aromatic heterocycles. The van der Waals surface area contributed by atoms with Crippen molar-refractivity contribution in [2.45, 2.75) is 57.4 Å². The third kappa shape index (κ3) is 3.08. The quantitative estimate of drug-likeness (QED) is 0.525. The Morgan fingerprint density at radius 1 is 1.24 bits per heavy atom. The molecule has 4 heteroatoms. The number of hydrogen-bond acceptors (Lipinski definition) is 2. The lowest BCUT2D eigenvalue weighted by atomic mass is 9.87. The van der Waals surface area contributed by atoms with Gasteiger partial charge in [0.25, 0.3) is 0 Å². The Balaban J connectivity index is 1.78. The maximum atomic E-state index is 13.8. The Labute approximate surface area is 146 Å². The van der Waals surface area contributed by atoms with Crippen molar-refractivity contribution in [2.75, 3.05) is 0 Å². The van der Waals surface area contributed by atoms with Crippen LogP contribution >= 0.6 is 0 Å². The minimum absolute atomic E-state index is 0.0566. The van der Waals surface area contributed by atoms with Crippen LogP contribution in [0.3, 0.4) is 0 Å². The molecule has 0 bridgehead atoms. The lowest BCUT2D eigenvalue weighted by Gasteiger charge is -2.18. The van der Waals surface area contributed by atoms with E-state index in [2.05, 4.69) is 13.8 Å². The van der Waals surface area contributed by atoms with Gasteiger partial charge in [-0.1, -0.05) is 19.9 Å². The zero-order valence-corrected chi connectivity index (χ0v) is 14.5. The Hall–Kier alpha value is -1.81. The number of hydrogen-bond donors (Lipinski definition) is 0. The first kappa shape index (κ1) is 16.6. The number of allylic oxidation sites excluding steroid dienone is 4. The smallest absolute Gasteiger partial charge is 0.155 e. The maximum Gasteiger partial charge on any atom is 0.155 e. The van der Waals surface area contributed by atoms with E-state index in [0.29, 0.717) is 23.0 Å². The molecule has 1 saturated heterocycles. The van der Waals surface area contributed by atoms with Crippen molar-refractivity contribution in [3.05, 3.63) is 52.4 Å². The molecule has 1 aliphatic heterocycles. The van der Waals surface area contributed by atoms with Gasteiger partial charge < -0.3 is 4.74 Å². The van der Waals surface area contributed by atoms with Crippen LogP contribution in [0.1, 0.15) is 72.2 Å². The van der Waals surface area contributed by atoms with Crippen molar-refractivity contribution in [3.63, 3.8) is 0 Å². The number of alkyl halides is 1. The van der Waals surface area contributed by atoms with Crippen molar-refractivity contribution in [1.29, 1.82) is 0 Å². The van der Waals surface area contributed by atoms with Crippen molar-refractivity contribution < 1.29 is 18.3 Å². The van der Waals surface area contributed by atoms with E-state index < -0.39 is 12.0 Å². The molecule has 3 unspecified atom stereocenters. The van der Waals surface area contributed by atoms with Crippen LogP contribution in [0.4, 0.5) is 8.78 Å². The lowest BCUT2D eigenvalue weighted by molar-refractivity contribution is 0.112. The van der Waals surface area contributed by atoms with Crippen LogP contribution in [0, 0.1) is 5.92 Å². The number of rotatable bonds is 5. The van der Waals surface area contributed by atoms with Gasteiger partial charge in [0.2, 0.25) is 0 Å². The molecular weight excluding hydrogens is 322 g/mol. The second kappa shape index (κ2) is 6.17. The molecule has 2 nitrogen and oxygen atoms in total. The topological polar surface area (TPSA) is 29.6 Å².